The van der Waals surface area contributed by atoms with Gasteiger partial charge >= 0.3 is 0 Å². The van der Waals surface area contributed by atoms with Crippen molar-refractivity contribution in [2.75, 3.05) is 18.6 Å². The number of hydrogen-bond donors (Lipinski definition) is 0. The van der Waals surface area contributed by atoms with Crippen molar-refractivity contribution in [3.05, 3.63) is 23.8 Å². The molecule has 3 rings (SSSR count). The minimum Gasteiger partial charge on any atom is -0.497 e. The molecule has 0 saturated carbocycles. The van der Waals surface area contributed by atoms with Gasteiger partial charge in [0, 0.05) is 0 Å². The highest BCUT2D eigenvalue weighted by atomic mass is 32.2. The number of hydrogen-bond acceptors (Lipinski definition) is 4. The van der Waals surface area contributed by atoms with Crippen LogP contribution in [0.25, 0.3) is 0 Å². The lowest BCUT2D eigenvalue weighted by Gasteiger charge is -2.40. The molecule has 0 aromatic heterocycles. The number of Topliss-reactive ketones (excluding diaryl/α,β-unsaturated/α-hetero) is 1. The molecule has 2 heterocycles. The average Bonchev–Trinajstić information content (AvgIpc) is 2.39. The highest BCUT2D eigenvalue weighted by Gasteiger charge is 2.41. The third kappa shape index (κ3) is 1.99. The molecule has 2 aliphatic heterocycles. The SMILES string of the molecule is COc1ccc2c(c1)C(=O)CC1(CCSCC1)O2. The largest absolute Gasteiger partial charge is 0.497 e. The molecule has 18 heavy (non-hydrogen) atoms. The Morgan fingerprint density at radius 3 is 2.83 bits per heavy atom. The summed E-state index contributed by atoms with van der Waals surface area (Å²) in [4.78, 5) is 12.3. The Bertz CT molecular complexity index is 478. The average molecular weight is 264 g/mol. The van der Waals surface area contributed by atoms with Crippen molar-refractivity contribution in [3.63, 3.8) is 0 Å². The van der Waals surface area contributed by atoms with Crippen molar-refractivity contribution >= 4 is 17.5 Å². The van der Waals surface area contributed by atoms with Crippen LogP contribution in [-0.2, 0) is 0 Å². The number of ketones is 1. The van der Waals surface area contributed by atoms with Crippen molar-refractivity contribution in [3.8, 4) is 11.5 Å². The molecule has 0 aliphatic carbocycles. The Morgan fingerprint density at radius 2 is 2.11 bits per heavy atom. The van der Waals surface area contributed by atoms with E-state index in [2.05, 4.69) is 0 Å². The normalized spacial score (nSPS) is 21.3. The Hall–Kier alpha value is -1.16. The van der Waals surface area contributed by atoms with E-state index >= 15 is 0 Å². The molecule has 2 aliphatic rings. The molecule has 1 aromatic carbocycles. The molecule has 0 N–H and O–H groups in total. The van der Waals surface area contributed by atoms with Gasteiger partial charge < -0.3 is 9.47 Å². The number of benzene rings is 1. The summed E-state index contributed by atoms with van der Waals surface area (Å²) in [7, 11) is 1.61. The second kappa shape index (κ2) is 4.50. The van der Waals surface area contributed by atoms with Crippen LogP contribution < -0.4 is 9.47 Å². The number of rotatable bonds is 1. The fraction of sp³-hybridized carbons (Fsp3) is 0.500. The summed E-state index contributed by atoms with van der Waals surface area (Å²) in [5, 5.41) is 0. The number of carbonyl (C=O) groups excluding carboxylic acids is 1. The molecule has 96 valence electrons. The van der Waals surface area contributed by atoms with Crippen molar-refractivity contribution < 1.29 is 14.3 Å². The summed E-state index contributed by atoms with van der Waals surface area (Å²) in [6.45, 7) is 0. The lowest BCUT2D eigenvalue weighted by molar-refractivity contribution is 0.0347. The summed E-state index contributed by atoms with van der Waals surface area (Å²) in [6, 6.07) is 5.49. The second-order valence-corrected chi connectivity index (χ2v) is 6.08. The van der Waals surface area contributed by atoms with E-state index in [1.807, 2.05) is 23.9 Å². The zero-order valence-electron chi connectivity index (χ0n) is 10.4. The molecular weight excluding hydrogens is 248 g/mol. The maximum atomic E-state index is 12.3. The minimum atomic E-state index is -0.246. The van der Waals surface area contributed by atoms with Crippen LogP contribution in [-0.4, -0.2) is 30.0 Å². The van der Waals surface area contributed by atoms with Crippen molar-refractivity contribution in [2.45, 2.75) is 24.9 Å². The summed E-state index contributed by atoms with van der Waals surface area (Å²) >= 11 is 1.94. The maximum absolute atomic E-state index is 12.3. The molecule has 3 nitrogen and oxygen atoms in total. The Balaban J connectivity index is 1.95. The number of thioether (sulfide) groups is 1. The molecular formula is C14H16O3S. The lowest BCUT2D eigenvalue weighted by atomic mass is 9.85. The Labute approximate surface area is 111 Å². The third-order valence-corrected chi connectivity index (χ3v) is 4.69. The smallest absolute Gasteiger partial charge is 0.170 e. The predicted octanol–water partition coefficient (Wildman–Crippen LogP) is 2.93. The van der Waals surface area contributed by atoms with Crippen LogP contribution >= 0.6 is 11.8 Å². The zero-order valence-corrected chi connectivity index (χ0v) is 11.2. The van der Waals surface area contributed by atoms with E-state index in [4.69, 9.17) is 9.47 Å². The minimum absolute atomic E-state index is 0.182. The van der Waals surface area contributed by atoms with Gasteiger partial charge in [-0.3, -0.25) is 4.79 Å². The van der Waals surface area contributed by atoms with Gasteiger partial charge in [-0.2, -0.15) is 11.8 Å². The number of carbonyl (C=O) groups is 1. The van der Waals surface area contributed by atoms with E-state index in [1.165, 1.54) is 0 Å². The van der Waals surface area contributed by atoms with Crippen LogP contribution in [0.15, 0.2) is 18.2 Å². The van der Waals surface area contributed by atoms with Gasteiger partial charge in [0.05, 0.1) is 19.1 Å². The van der Waals surface area contributed by atoms with Crippen molar-refractivity contribution in [1.29, 1.82) is 0 Å². The molecule has 0 unspecified atom stereocenters. The summed E-state index contributed by atoms with van der Waals surface area (Å²) in [5.41, 5.74) is 0.419. The highest BCUT2D eigenvalue weighted by molar-refractivity contribution is 7.99. The molecule has 0 atom stereocenters. The topological polar surface area (TPSA) is 35.5 Å². The summed E-state index contributed by atoms with van der Waals surface area (Å²) < 4.78 is 11.3. The zero-order chi connectivity index (χ0) is 12.6. The van der Waals surface area contributed by atoms with Crippen LogP contribution in [0.5, 0.6) is 11.5 Å². The predicted molar refractivity (Wildman–Crippen MR) is 71.9 cm³/mol. The second-order valence-electron chi connectivity index (χ2n) is 4.86. The molecule has 4 heteroatoms. The fourth-order valence-electron chi connectivity index (χ4n) is 2.62. The Morgan fingerprint density at radius 1 is 1.33 bits per heavy atom. The monoisotopic (exact) mass is 264 g/mol. The van der Waals surface area contributed by atoms with Gasteiger partial charge in [0.1, 0.15) is 17.1 Å². The summed E-state index contributed by atoms with van der Waals surface area (Å²) in [6.07, 6.45) is 2.44. The van der Waals surface area contributed by atoms with Crippen LogP contribution in [0.3, 0.4) is 0 Å². The van der Waals surface area contributed by atoms with Gasteiger partial charge in [0.15, 0.2) is 5.78 Å². The van der Waals surface area contributed by atoms with Crippen LogP contribution in [0, 0.1) is 0 Å². The van der Waals surface area contributed by atoms with E-state index in [1.54, 1.807) is 13.2 Å². The molecule has 0 radical (unpaired) electrons. The molecule has 1 spiro atoms. The molecule has 0 bridgehead atoms. The van der Waals surface area contributed by atoms with Crippen molar-refractivity contribution in [2.24, 2.45) is 0 Å². The quantitative estimate of drug-likeness (QED) is 0.781. The highest BCUT2D eigenvalue weighted by Crippen LogP contribution is 2.41. The fourth-order valence-corrected chi connectivity index (χ4v) is 3.86. The van der Waals surface area contributed by atoms with Gasteiger partial charge in [-0.1, -0.05) is 0 Å². The number of fused-ring (bicyclic) bond motifs is 1. The molecule has 0 amide bonds. The van der Waals surface area contributed by atoms with Crippen LogP contribution in [0.4, 0.5) is 0 Å². The first-order valence-electron chi connectivity index (χ1n) is 6.20. The van der Waals surface area contributed by atoms with E-state index in [-0.39, 0.29) is 11.4 Å². The Kier molecular flexibility index (Phi) is 2.98. The van der Waals surface area contributed by atoms with Crippen LogP contribution in [0.1, 0.15) is 29.6 Å². The van der Waals surface area contributed by atoms with Gasteiger partial charge in [-0.15, -0.1) is 0 Å². The standard InChI is InChI=1S/C14H16O3S/c1-16-10-2-3-13-11(8-10)12(15)9-14(17-13)4-6-18-7-5-14/h2-3,8H,4-7,9H2,1H3. The van der Waals surface area contributed by atoms with Gasteiger partial charge in [-0.05, 0) is 42.5 Å². The number of ether oxygens (including phenoxy) is 2. The number of methoxy groups -OCH3 is 1. The third-order valence-electron chi connectivity index (χ3n) is 3.70. The lowest BCUT2D eigenvalue weighted by Crippen LogP contribution is -2.44. The molecule has 1 saturated heterocycles. The molecule has 1 aromatic rings. The first kappa shape index (κ1) is 11.9. The van der Waals surface area contributed by atoms with E-state index < -0.39 is 0 Å². The first-order chi connectivity index (χ1) is 8.72. The van der Waals surface area contributed by atoms with Gasteiger partial charge in [-0.25, -0.2) is 0 Å². The van der Waals surface area contributed by atoms with Gasteiger partial charge in [0.25, 0.3) is 0 Å². The van der Waals surface area contributed by atoms with Gasteiger partial charge in [0.2, 0.25) is 0 Å². The van der Waals surface area contributed by atoms with Crippen LogP contribution in [0.2, 0.25) is 0 Å². The van der Waals surface area contributed by atoms with E-state index in [0.717, 1.165) is 30.1 Å². The van der Waals surface area contributed by atoms with E-state index in [9.17, 15) is 4.79 Å². The maximum Gasteiger partial charge on any atom is 0.170 e. The molecule has 1 fully saturated rings. The first-order valence-corrected chi connectivity index (χ1v) is 7.36. The summed E-state index contributed by atoms with van der Waals surface area (Å²) in [5.74, 6) is 3.78. The van der Waals surface area contributed by atoms with Crippen molar-refractivity contribution in [1.82, 2.24) is 0 Å². The van der Waals surface area contributed by atoms with E-state index in [0.29, 0.717) is 17.7 Å².